The molecule has 4 rings (SSSR count). The number of benzene rings is 3. The highest BCUT2D eigenvalue weighted by atomic mass is 32.2. The maximum absolute atomic E-state index is 12.8. The van der Waals surface area contributed by atoms with Gasteiger partial charge in [-0.3, -0.25) is 19.5 Å². The second kappa shape index (κ2) is 10.5. The molecule has 0 unspecified atom stereocenters. The minimum absolute atomic E-state index is 0.0578. The Kier molecular flexibility index (Phi) is 7.25. The maximum Gasteiger partial charge on any atom is 0.335 e. The smallest absolute Gasteiger partial charge is 0.335 e. The van der Waals surface area contributed by atoms with Crippen LogP contribution >= 0.6 is 0 Å². The predicted molar refractivity (Wildman–Crippen MR) is 141 cm³/mol. The molecule has 0 amide bonds. The third kappa shape index (κ3) is 5.31. The number of H-pyrrole nitrogens is 1. The summed E-state index contributed by atoms with van der Waals surface area (Å²) in [7, 11) is -2.56. The summed E-state index contributed by atoms with van der Waals surface area (Å²) in [6, 6.07) is 19.5. The van der Waals surface area contributed by atoms with Gasteiger partial charge >= 0.3 is 5.69 Å². The number of anilines is 1. The third-order valence-electron chi connectivity index (χ3n) is 5.55. The fourth-order valence-corrected chi connectivity index (χ4v) is 4.77. The molecule has 1 heterocycles. The quantitative estimate of drug-likeness (QED) is 0.304. The zero-order valence-electron chi connectivity index (χ0n) is 20.0. The summed E-state index contributed by atoms with van der Waals surface area (Å²) in [6.45, 7) is 1.90. The van der Waals surface area contributed by atoms with E-state index in [1.807, 2.05) is 19.1 Å². The van der Waals surface area contributed by atoms with Crippen LogP contribution < -0.4 is 20.7 Å². The molecule has 190 valence electrons. The van der Waals surface area contributed by atoms with E-state index in [0.29, 0.717) is 17.8 Å². The SMILES string of the molecule is CCc1ccccc1-n1c(O)c(C=Nc2ccc(S(=O)(=O)Nc3ccccc3)cc2OC)c(=O)[nH]c1=O. The lowest BCUT2D eigenvalue weighted by Gasteiger charge is -2.13. The fraction of sp³-hybridized carbons (Fsp3) is 0.115. The normalized spacial score (nSPS) is 11.5. The number of aromatic amines is 1. The van der Waals surface area contributed by atoms with Crippen LogP contribution in [-0.2, 0) is 16.4 Å². The van der Waals surface area contributed by atoms with E-state index in [1.165, 1.54) is 25.3 Å². The lowest BCUT2D eigenvalue weighted by atomic mass is 10.1. The standard InChI is InChI=1S/C26H24N4O6S/c1-3-17-9-7-8-12-22(17)30-25(32)20(24(31)28-26(30)33)16-27-21-14-13-19(15-23(21)36-2)37(34,35)29-18-10-5-4-6-11-18/h4-16,29,32H,3H2,1-2H3,(H,28,31,33). The van der Waals surface area contributed by atoms with Crippen molar-refractivity contribution in [3.63, 3.8) is 0 Å². The molecule has 0 atom stereocenters. The number of ether oxygens (including phenoxy) is 1. The van der Waals surface area contributed by atoms with E-state index in [2.05, 4.69) is 14.7 Å². The summed E-state index contributed by atoms with van der Waals surface area (Å²) < 4.78 is 34.4. The minimum Gasteiger partial charge on any atom is -0.494 e. The molecular weight excluding hydrogens is 496 g/mol. The number of nitrogens with one attached hydrogen (secondary N) is 2. The van der Waals surface area contributed by atoms with Crippen LogP contribution in [0.4, 0.5) is 11.4 Å². The van der Waals surface area contributed by atoms with Crippen LogP contribution in [0.5, 0.6) is 11.6 Å². The van der Waals surface area contributed by atoms with Gasteiger partial charge < -0.3 is 9.84 Å². The Balaban J connectivity index is 1.72. The average Bonchev–Trinajstić information content (AvgIpc) is 2.89. The first kappa shape index (κ1) is 25.5. The number of hydrogen-bond acceptors (Lipinski definition) is 7. The monoisotopic (exact) mass is 520 g/mol. The van der Waals surface area contributed by atoms with E-state index in [4.69, 9.17) is 4.74 Å². The van der Waals surface area contributed by atoms with Crippen LogP contribution in [0.2, 0.25) is 0 Å². The molecule has 0 bridgehead atoms. The van der Waals surface area contributed by atoms with Gasteiger partial charge in [-0.1, -0.05) is 43.3 Å². The predicted octanol–water partition coefficient (Wildman–Crippen LogP) is 3.35. The van der Waals surface area contributed by atoms with Gasteiger partial charge in [-0.25, -0.2) is 17.8 Å². The molecule has 0 spiro atoms. The summed E-state index contributed by atoms with van der Waals surface area (Å²) in [5.74, 6) is -0.462. The lowest BCUT2D eigenvalue weighted by Crippen LogP contribution is -2.31. The van der Waals surface area contributed by atoms with Crippen molar-refractivity contribution in [1.82, 2.24) is 9.55 Å². The number of sulfonamides is 1. The second-order valence-corrected chi connectivity index (χ2v) is 9.56. The third-order valence-corrected chi connectivity index (χ3v) is 6.93. The van der Waals surface area contributed by atoms with Crippen molar-refractivity contribution in [3.05, 3.63) is 105 Å². The molecule has 11 heteroatoms. The van der Waals surface area contributed by atoms with Crippen LogP contribution in [0.1, 0.15) is 18.1 Å². The summed E-state index contributed by atoms with van der Waals surface area (Å²) in [5, 5.41) is 10.9. The number of aryl methyl sites for hydroxylation is 1. The Labute approximate surface area is 212 Å². The summed E-state index contributed by atoms with van der Waals surface area (Å²) in [6.07, 6.45) is 1.68. The van der Waals surface area contributed by atoms with E-state index < -0.39 is 27.2 Å². The van der Waals surface area contributed by atoms with Gasteiger partial charge in [0.05, 0.1) is 17.7 Å². The molecule has 0 aliphatic carbocycles. The number of nitrogens with zero attached hydrogens (tertiary/aromatic N) is 2. The highest BCUT2D eigenvalue weighted by Gasteiger charge is 2.18. The molecule has 0 aliphatic heterocycles. The number of aromatic nitrogens is 2. The molecular formula is C26H24N4O6S. The van der Waals surface area contributed by atoms with E-state index >= 15 is 0 Å². The summed E-state index contributed by atoms with van der Waals surface area (Å²) in [5.41, 5.74) is -0.0612. The first-order chi connectivity index (χ1) is 17.7. The fourth-order valence-electron chi connectivity index (χ4n) is 3.69. The van der Waals surface area contributed by atoms with Crippen molar-refractivity contribution in [2.45, 2.75) is 18.2 Å². The van der Waals surface area contributed by atoms with E-state index in [-0.39, 0.29) is 21.9 Å². The molecule has 0 fully saturated rings. The van der Waals surface area contributed by atoms with Crippen molar-refractivity contribution in [2.24, 2.45) is 4.99 Å². The van der Waals surface area contributed by atoms with Gasteiger partial charge in [0, 0.05) is 18.0 Å². The molecule has 3 aromatic carbocycles. The number of aliphatic imine (C=N–C) groups is 1. The van der Waals surface area contributed by atoms with Gasteiger partial charge in [-0.2, -0.15) is 0 Å². The van der Waals surface area contributed by atoms with Gasteiger partial charge in [-0.05, 0) is 42.3 Å². The van der Waals surface area contributed by atoms with Crippen LogP contribution in [0, 0.1) is 0 Å². The number of methoxy groups -OCH3 is 1. The van der Waals surface area contributed by atoms with E-state index in [1.54, 1.807) is 42.5 Å². The minimum atomic E-state index is -3.91. The Morgan fingerprint density at radius 3 is 2.46 bits per heavy atom. The number of para-hydroxylation sites is 2. The number of rotatable bonds is 8. The number of hydrogen-bond donors (Lipinski definition) is 3. The first-order valence-electron chi connectivity index (χ1n) is 11.2. The average molecular weight is 521 g/mol. The zero-order valence-corrected chi connectivity index (χ0v) is 20.8. The van der Waals surface area contributed by atoms with Gasteiger partial charge in [0.25, 0.3) is 15.6 Å². The zero-order chi connectivity index (χ0) is 26.6. The molecule has 0 saturated carbocycles. The first-order valence-corrected chi connectivity index (χ1v) is 12.7. The molecule has 37 heavy (non-hydrogen) atoms. The summed E-state index contributed by atoms with van der Waals surface area (Å²) >= 11 is 0. The highest BCUT2D eigenvalue weighted by molar-refractivity contribution is 7.92. The van der Waals surface area contributed by atoms with Crippen LogP contribution in [0.3, 0.4) is 0 Å². The van der Waals surface area contributed by atoms with Crippen LogP contribution in [0.25, 0.3) is 5.69 Å². The van der Waals surface area contributed by atoms with Crippen molar-refractivity contribution >= 4 is 27.6 Å². The molecule has 0 saturated heterocycles. The highest BCUT2D eigenvalue weighted by Crippen LogP contribution is 2.31. The van der Waals surface area contributed by atoms with Crippen molar-refractivity contribution in [1.29, 1.82) is 0 Å². The number of aromatic hydroxyl groups is 1. The van der Waals surface area contributed by atoms with Gasteiger partial charge in [-0.15, -0.1) is 0 Å². The van der Waals surface area contributed by atoms with Crippen LogP contribution in [0.15, 0.2) is 92.3 Å². The molecule has 10 nitrogen and oxygen atoms in total. The topological polar surface area (TPSA) is 143 Å². The van der Waals surface area contributed by atoms with E-state index in [0.717, 1.165) is 16.3 Å². The van der Waals surface area contributed by atoms with Crippen molar-refractivity contribution < 1.29 is 18.3 Å². The molecule has 0 aliphatic rings. The Morgan fingerprint density at radius 2 is 1.76 bits per heavy atom. The Morgan fingerprint density at radius 1 is 1.05 bits per heavy atom. The van der Waals surface area contributed by atoms with Gasteiger partial charge in [0.1, 0.15) is 17.0 Å². The van der Waals surface area contributed by atoms with Gasteiger partial charge in [0.2, 0.25) is 5.88 Å². The maximum atomic E-state index is 12.8. The van der Waals surface area contributed by atoms with Crippen LogP contribution in [-0.4, -0.2) is 36.4 Å². The van der Waals surface area contributed by atoms with Gasteiger partial charge in [0.15, 0.2) is 0 Å². The Bertz CT molecular complexity index is 1690. The Hall–Kier alpha value is -4.64. The molecule has 0 radical (unpaired) electrons. The lowest BCUT2D eigenvalue weighted by molar-refractivity contribution is 0.415. The molecule has 1 aromatic heterocycles. The second-order valence-electron chi connectivity index (χ2n) is 7.88. The largest absolute Gasteiger partial charge is 0.494 e. The molecule has 3 N–H and O–H groups in total. The molecule has 4 aromatic rings. The van der Waals surface area contributed by atoms with Crippen molar-refractivity contribution in [3.8, 4) is 17.3 Å². The van der Waals surface area contributed by atoms with Crippen molar-refractivity contribution in [2.75, 3.05) is 11.8 Å². The van der Waals surface area contributed by atoms with E-state index in [9.17, 15) is 23.1 Å². The summed E-state index contributed by atoms with van der Waals surface area (Å²) in [4.78, 5) is 31.4.